The molecule has 7 aromatic carbocycles. The number of Topliss-reactive ketones (excluding diaryl/α,β-unsaturated/α-hetero) is 1. The molecular weight excluding hydrogens is 1020 g/mol. The summed E-state index contributed by atoms with van der Waals surface area (Å²) in [6, 6.07) is 61.7. The molecule has 1 heterocycles. The van der Waals surface area contributed by atoms with E-state index in [1.807, 2.05) is 195 Å². The summed E-state index contributed by atoms with van der Waals surface area (Å²) in [5, 5.41) is 14.9. The van der Waals surface area contributed by atoms with Crippen LogP contribution >= 0.6 is 14.3 Å². The summed E-state index contributed by atoms with van der Waals surface area (Å²) in [7, 11) is -3.82. The molecular formula is C53H44EuF3NO6P2. The van der Waals surface area contributed by atoms with Gasteiger partial charge >= 0.3 is 11.8 Å². The van der Waals surface area contributed by atoms with Crippen LogP contribution in [0.15, 0.2) is 233 Å². The Morgan fingerprint density at radius 2 is 1.00 bits per heavy atom. The molecule has 66 heavy (non-hydrogen) atoms. The Morgan fingerprint density at radius 3 is 1.36 bits per heavy atom. The number of aromatic hydroxyl groups is 1. The molecule has 13 heteroatoms. The van der Waals surface area contributed by atoms with E-state index < -0.39 is 43.2 Å². The molecule has 335 valence electrons. The standard InChI is InChI=1S/C18H12F3NO4.C18H15OP.C17H17OP.Eu/c1-22(10-5-3-2-4-6-10)11-7-8-12-13(9-11)26-17(25)14(15(12)23)16(24)18(19,20)21;19-20(16-10-4-1-5-11-16,17-12-6-2-7-13-17)18-14-8-3-9-15-18;1-3-15(4-2)19(18,16-11-7-5-8-12-16)17-13-9-6-10-14-17;/h2-9,23H,1H3;1-15H;3-14H,1H2,2H3;/b;;15-4+;. The zero-order valence-corrected chi connectivity index (χ0v) is 40.0. The van der Waals surface area contributed by atoms with E-state index >= 15 is 0 Å². The number of carbonyl (C=O) groups excluding carboxylic acids is 1. The van der Waals surface area contributed by atoms with Crippen LogP contribution in [-0.4, -0.2) is 24.1 Å². The summed E-state index contributed by atoms with van der Waals surface area (Å²) in [6.07, 6.45) is -1.72. The minimum absolute atomic E-state index is 0. The number of hydrogen-bond acceptors (Lipinski definition) is 7. The average Bonchev–Trinajstić information content (AvgIpc) is 3.35. The maximum atomic E-state index is 13.8. The zero-order chi connectivity index (χ0) is 46.6. The number of fused-ring (bicyclic) bond motifs is 1. The van der Waals surface area contributed by atoms with Gasteiger partial charge in [-0.25, -0.2) is 4.79 Å². The number of allylic oxidation sites excluding steroid dienone is 3. The Balaban J connectivity index is 0.000000187. The van der Waals surface area contributed by atoms with Crippen molar-refractivity contribution in [3.63, 3.8) is 0 Å². The largest absolute Gasteiger partial charge is 0.506 e. The van der Waals surface area contributed by atoms with Crippen molar-refractivity contribution in [3.8, 4) is 5.75 Å². The molecule has 0 spiro atoms. The topological polar surface area (TPSA) is 105 Å². The molecule has 8 rings (SSSR count). The molecule has 0 fully saturated rings. The van der Waals surface area contributed by atoms with E-state index in [9.17, 15) is 37.0 Å². The normalized spacial score (nSPS) is 11.4. The Morgan fingerprint density at radius 1 is 0.621 bits per heavy atom. The first kappa shape index (κ1) is 51.3. The summed E-state index contributed by atoms with van der Waals surface area (Å²) in [5.74, 6) is -3.50. The number of benzene rings is 7. The Hall–Kier alpha value is -5.67. The number of anilines is 2. The number of nitrogens with zero attached hydrogens (tertiary/aromatic N) is 1. The van der Waals surface area contributed by atoms with Gasteiger partial charge in [0.15, 0.2) is 19.8 Å². The Kier molecular flexibility index (Phi) is 18.0. The van der Waals surface area contributed by atoms with Gasteiger partial charge in [0.1, 0.15) is 11.3 Å². The molecule has 1 aromatic heterocycles. The predicted octanol–water partition coefficient (Wildman–Crippen LogP) is 11.4. The maximum Gasteiger partial charge on any atom is 0.455 e. The predicted molar refractivity (Wildman–Crippen MR) is 259 cm³/mol. The van der Waals surface area contributed by atoms with Crippen molar-refractivity contribution in [1.82, 2.24) is 0 Å². The van der Waals surface area contributed by atoms with Crippen molar-refractivity contribution in [2.45, 2.75) is 13.1 Å². The van der Waals surface area contributed by atoms with Crippen LogP contribution in [0.1, 0.15) is 17.3 Å². The fraction of sp³-hybridized carbons (Fsp3) is 0.0566. The van der Waals surface area contributed by atoms with E-state index in [-0.39, 0.29) is 60.3 Å². The molecule has 0 aliphatic rings. The molecule has 0 bridgehead atoms. The first-order chi connectivity index (χ1) is 31.2. The SMILES string of the molecule is C=C/C(=C\C)P(=O)(c1ccccc1)c1ccccc1.CN(c1ccccc1)c1ccc2c(O)c(C(=O)C(F)(F)F)c(=O)oc2c1.O=P(c1ccccc1)(c1ccccc1)c1ccccc1.[Eu]. The van der Waals surface area contributed by atoms with Crippen molar-refractivity contribution < 1.29 is 86.0 Å². The van der Waals surface area contributed by atoms with Crippen LogP contribution in [-0.2, 0) is 9.13 Å². The van der Waals surface area contributed by atoms with Crippen LogP contribution in [0.5, 0.6) is 5.75 Å². The molecule has 7 nitrogen and oxygen atoms in total. The van der Waals surface area contributed by atoms with E-state index in [2.05, 4.69) is 6.58 Å². The Labute approximate surface area is 422 Å². The van der Waals surface area contributed by atoms with Crippen molar-refractivity contribution in [3.05, 3.63) is 240 Å². The molecule has 0 saturated heterocycles. The molecule has 1 N–H and O–H groups in total. The fourth-order valence-electron chi connectivity index (χ4n) is 7.04. The van der Waals surface area contributed by atoms with Crippen molar-refractivity contribution in [1.29, 1.82) is 0 Å². The van der Waals surface area contributed by atoms with Crippen LogP contribution in [0, 0.1) is 49.4 Å². The second-order valence-electron chi connectivity index (χ2n) is 14.3. The summed E-state index contributed by atoms with van der Waals surface area (Å²) >= 11 is 0. The quantitative estimate of drug-likeness (QED) is 0.0629. The molecule has 0 aliphatic carbocycles. The molecule has 0 unspecified atom stereocenters. The van der Waals surface area contributed by atoms with Gasteiger partial charge in [0.2, 0.25) is 0 Å². The smallest absolute Gasteiger partial charge is 0.455 e. The molecule has 8 aromatic rings. The van der Waals surface area contributed by atoms with Gasteiger partial charge in [0.25, 0.3) is 5.78 Å². The fourth-order valence-corrected chi connectivity index (χ4v) is 12.4. The van der Waals surface area contributed by atoms with E-state index in [0.29, 0.717) is 5.69 Å². The van der Waals surface area contributed by atoms with Crippen molar-refractivity contribution in [2.24, 2.45) is 0 Å². The second kappa shape index (κ2) is 23.2. The molecule has 0 saturated carbocycles. The number of carbonyl (C=O) groups is 1. The van der Waals surface area contributed by atoms with Gasteiger partial charge < -0.3 is 23.6 Å². The van der Waals surface area contributed by atoms with Gasteiger partial charge in [-0.1, -0.05) is 189 Å². The number of ketones is 1. The van der Waals surface area contributed by atoms with E-state index in [1.54, 1.807) is 18.0 Å². The minimum atomic E-state index is -5.30. The van der Waals surface area contributed by atoms with Crippen LogP contribution in [0.4, 0.5) is 24.5 Å². The number of para-hydroxylation sites is 1. The zero-order valence-electron chi connectivity index (χ0n) is 35.8. The summed E-state index contributed by atoms with van der Waals surface area (Å²) in [5.41, 5.74) is -1.71. The third kappa shape index (κ3) is 11.5. The molecule has 1 radical (unpaired) electrons. The van der Waals surface area contributed by atoms with E-state index in [0.717, 1.165) is 37.5 Å². The van der Waals surface area contributed by atoms with Gasteiger partial charge in [-0.2, -0.15) is 13.2 Å². The van der Waals surface area contributed by atoms with Crippen LogP contribution in [0.2, 0.25) is 0 Å². The summed E-state index contributed by atoms with van der Waals surface area (Å²) in [6.45, 7) is 5.71. The first-order valence-corrected chi connectivity index (χ1v) is 23.6. The van der Waals surface area contributed by atoms with Crippen LogP contribution in [0.3, 0.4) is 0 Å². The average molecular weight is 1060 g/mol. The summed E-state index contributed by atoms with van der Waals surface area (Å²) < 4.78 is 70.1. The third-order valence-corrected chi connectivity index (χ3v) is 16.6. The van der Waals surface area contributed by atoms with Gasteiger partial charge in [-0.15, -0.1) is 0 Å². The first-order valence-electron chi connectivity index (χ1n) is 20.2. The van der Waals surface area contributed by atoms with Crippen molar-refractivity contribution >= 4 is 68.9 Å². The number of rotatable bonds is 10. The maximum absolute atomic E-state index is 13.8. The third-order valence-electron chi connectivity index (χ3n) is 10.3. The van der Waals surface area contributed by atoms with Gasteiger partial charge in [0, 0.05) is 106 Å². The molecule has 0 amide bonds. The van der Waals surface area contributed by atoms with Crippen LogP contribution < -0.4 is 37.0 Å². The van der Waals surface area contributed by atoms with Crippen LogP contribution in [0.25, 0.3) is 11.0 Å². The van der Waals surface area contributed by atoms with E-state index in [1.165, 1.54) is 18.2 Å². The minimum Gasteiger partial charge on any atom is -0.506 e. The van der Waals surface area contributed by atoms with Crippen molar-refractivity contribution in [2.75, 3.05) is 11.9 Å². The monoisotopic (exact) mass is 1060 g/mol. The van der Waals surface area contributed by atoms with E-state index in [4.69, 9.17) is 4.42 Å². The van der Waals surface area contributed by atoms with Gasteiger partial charge in [0.05, 0.1) is 5.39 Å². The number of hydrogen-bond donors (Lipinski definition) is 1. The number of alkyl halides is 3. The molecule has 0 atom stereocenters. The second-order valence-corrected chi connectivity index (χ2v) is 19.9. The number of halogens is 3. The Bertz CT molecular complexity index is 2920. The van der Waals surface area contributed by atoms with Gasteiger partial charge in [-0.05, 0) is 31.2 Å². The van der Waals surface area contributed by atoms with Gasteiger partial charge in [-0.3, -0.25) is 4.79 Å². The molecule has 0 aliphatic heterocycles. The summed E-state index contributed by atoms with van der Waals surface area (Å²) in [4.78, 5) is 24.9.